The predicted octanol–water partition coefficient (Wildman–Crippen LogP) is 3.39. The molecule has 0 spiro atoms. The number of halogens is 1. The third-order valence-electron chi connectivity index (χ3n) is 4.43. The molecule has 0 aromatic carbocycles. The lowest BCUT2D eigenvalue weighted by atomic mass is 10.1. The first-order valence-electron chi connectivity index (χ1n) is 17.8. The van der Waals surface area contributed by atoms with Gasteiger partial charge in [-0.25, -0.2) is 9.78 Å². The average molecular weight is 1140 g/mol. The first-order chi connectivity index (χ1) is 33.7. The van der Waals surface area contributed by atoms with E-state index in [-0.39, 0.29) is 6.54 Å². The summed E-state index contributed by atoms with van der Waals surface area (Å²) < 4.78 is 104. The number of phosphoric ester groups is 4. The minimum absolute atomic E-state index is 0.172. The Morgan fingerprint density at radius 3 is 1.17 bits per heavy atom. The van der Waals surface area contributed by atoms with Crippen molar-refractivity contribution >= 4 is 46.9 Å². The number of rotatable bonds is 38. The minimum atomic E-state index is -5.16. The Kier molecular flexibility index (Phi) is 80.0. The summed E-state index contributed by atoms with van der Waals surface area (Å²) in [7, 11) is -19.2. The zero-order valence-corrected chi connectivity index (χ0v) is 43.4. The fourth-order valence-corrected chi connectivity index (χ4v) is 5.21. The average Bonchev–Trinajstić information content (AvgIpc) is 3.36. The molecule has 0 heterocycles. The van der Waals surface area contributed by atoms with Gasteiger partial charge in [-0.05, 0) is 16.6 Å². The smallest absolute Gasteiger partial charge is 0.319 e. The van der Waals surface area contributed by atoms with Crippen LogP contribution in [-0.2, 0) is 109 Å². The molecule has 2 radical (unpaired) electrons. The second-order valence-electron chi connectivity index (χ2n) is 8.91. The van der Waals surface area contributed by atoms with E-state index in [4.69, 9.17) is 12.9 Å². The molecule has 0 rings (SSSR count). The molecule has 420 valence electrons. The molecule has 0 saturated heterocycles. The van der Waals surface area contributed by atoms with E-state index in [0.29, 0.717) is 25.0 Å². The molecule has 31 nitrogen and oxygen atoms in total. The monoisotopic (exact) mass is 1140 g/mol. The lowest BCUT2D eigenvalue weighted by Crippen LogP contribution is -2.29. The normalized spacial score (nSPS) is 15.0. The molecule has 0 saturated carbocycles. The van der Waals surface area contributed by atoms with Crippen LogP contribution in [0.4, 0.5) is 4.48 Å². The highest BCUT2D eigenvalue weighted by atomic mass is 31.2. The van der Waals surface area contributed by atoms with E-state index in [1.165, 1.54) is 0 Å². The predicted molar refractivity (Wildman–Crippen MR) is 243 cm³/mol. The van der Waals surface area contributed by atoms with Gasteiger partial charge in [-0.2, -0.15) is 5.54 Å². The van der Waals surface area contributed by atoms with Crippen LogP contribution in [-0.4, -0.2) is 85.5 Å². The van der Waals surface area contributed by atoms with Crippen molar-refractivity contribution in [2.45, 2.75) is 0 Å². The summed E-state index contributed by atoms with van der Waals surface area (Å²) in [6.45, 7) is 42.2. The number of nitrogens with one attached hydrogen (secondary N) is 2. The third kappa shape index (κ3) is 81.2. The maximum atomic E-state index is 12.6. The zero-order valence-electron chi connectivity index (χ0n) is 38.9. The Morgan fingerprint density at radius 1 is 0.493 bits per heavy atom. The van der Waals surface area contributed by atoms with Crippen molar-refractivity contribution in [1.29, 1.82) is 0 Å². The van der Waals surface area contributed by atoms with E-state index in [0.717, 1.165) is 12.2 Å². The van der Waals surface area contributed by atoms with E-state index < -0.39 is 110 Å². The van der Waals surface area contributed by atoms with Crippen LogP contribution in [0.25, 0.3) is 0 Å². The van der Waals surface area contributed by atoms with Gasteiger partial charge in [-0.15, -0.1) is 110 Å². The number of phosphoric acid groups is 4. The molecule has 0 aliphatic rings. The summed E-state index contributed by atoms with van der Waals surface area (Å²) in [5.41, 5.74) is 1.16. The molecule has 0 aromatic heterocycles. The highest BCUT2D eigenvalue weighted by Crippen LogP contribution is 2.41. The summed E-state index contributed by atoms with van der Waals surface area (Å²) in [5.74, 6) is -2.20. The van der Waals surface area contributed by atoms with Crippen molar-refractivity contribution in [2.75, 3.05) is 72.6 Å². The molecule has 38 heteroatoms. The maximum Gasteiger partial charge on any atom is 0.319 e. The van der Waals surface area contributed by atoms with Gasteiger partial charge in [0.2, 0.25) is 0 Å². The molecule has 0 aliphatic heterocycles. The van der Waals surface area contributed by atoms with Crippen LogP contribution >= 0.6 is 38.9 Å². The highest BCUT2D eigenvalue weighted by Gasteiger charge is 2.20. The Morgan fingerprint density at radius 2 is 0.831 bits per heavy atom. The van der Waals surface area contributed by atoms with Crippen molar-refractivity contribution in [3.8, 4) is 0 Å². The molecule has 71 heavy (non-hydrogen) atoms. The van der Waals surface area contributed by atoms with Gasteiger partial charge in [0.25, 0.3) is 23.5 Å². The second kappa shape index (κ2) is 64.9. The largest absolute Gasteiger partial charge is 0.769 e. The molecule has 7 unspecified atom stereocenters. The second-order valence-corrected chi connectivity index (χ2v) is 16.0. The van der Waals surface area contributed by atoms with Crippen LogP contribution in [0.3, 0.4) is 0 Å². The van der Waals surface area contributed by atoms with Crippen LogP contribution in [0.15, 0.2) is 130 Å². The van der Waals surface area contributed by atoms with E-state index in [9.17, 15) is 51.8 Å². The van der Waals surface area contributed by atoms with Crippen LogP contribution in [0.5, 0.6) is 0 Å². The van der Waals surface area contributed by atoms with Crippen molar-refractivity contribution in [3.05, 3.63) is 130 Å². The van der Waals surface area contributed by atoms with Gasteiger partial charge in [-0.1, -0.05) is 0 Å². The van der Waals surface area contributed by atoms with Crippen LogP contribution in [0.1, 0.15) is 0 Å². The number of hydrogen-bond acceptors (Lipinski definition) is 30. The van der Waals surface area contributed by atoms with Crippen molar-refractivity contribution < 1.29 is 143 Å². The lowest BCUT2D eigenvalue weighted by Gasteiger charge is -2.27. The summed E-state index contributed by atoms with van der Waals surface area (Å²) in [6, 6.07) is 0. The van der Waals surface area contributed by atoms with E-state index in [1.54, 1.807) is 0 Å². The molecule has 0 aromatic rings. The van der Waals surface area contributed by atoms with Crippen molar-refractivity contribution in [2.24, 2.45) is 11.8 Å². The molecule has 0 amide bonds. The quantitative estimate of drug-likeness (QED) is 0.0117. The van der Waals surface area contributed by atoms with Crippen molar-refractivity contribution in [1.82, 2.24) is 10.8 Å². The first-order valence-corrected chi connectivity index (χ1v) is 25.7. The van der Waals surface area contributed by atoms with Gasteiger partial charge in [0.15, 0.2) is 28.1 Å². The van der Waals surface area contributed by atoms with Gasteiger partial charge >= 0.3 is 7.82 Å². The number of hydrogen-bond donors (Lipinski definition) is 3. The SMILES string of the molecule is C=C.C=C.C=C.C=C.C=C.C=C.C=C.C=C.[B]NCC(COP(=O)([O-])O)COP(=O)([O-])OCCOOOOO/C=C/OP(=O)([O-])OCC(CNF)COP(=O)([O-])OCCOOOOO/C=C/OP(C)(=O)[O-]. The van der Waals surface area contributed by atoms with E-state index in [1.807, 2.05) is 0 Å². The maximum absolute atomic E-state index is 12.6. The first kappa shape index (κ1) is 87.6. The van der Waals surface area contributed by atoms with Gasteiger partial charge in [0, 0.05) is 45.2 Å². The standard InChI is InChI=1S/C17H37BFN2O29P5.8C2H4/c1-51(22,23)37-6-2-33-45-49-46-34-4-8-39-54(29,30)43-14-17(11-21-19)15-44-55(31,32)40-9-5-36-48-50-47-35-3-7-38-53(27,28)42-13-16(10-20-18)12-41-52(24,25)26;8*1-2/h2,5-6,9,16-17,20-21H,3-4,7-8,10-15H2,1H3,(H,22,23)(H,27,28)(H,29,30)(H,31,32)(H2,24,25,26);8*1-2H2/p-5/b6-2+,9-5+;;;;;;;;. The van der Waals surface area contributed by atoms with Crippen LogP contribution < -0.4 is 35.2 Å². The molecular formula is C33H64BFN2O29P5-5. The van der Waals surface area contributed by atoms with Crippen LogP contribution in [0, 0.1) is 11.8 Å². The topological polar surface area (TPSA) is 411 Å². The molecular weight excluding hydrogens is 1070 g/mol. The minimum Gasteiger partial charge on any atom is -0.769 e. The summed E-state index contributed by atoms with van der Waals surface area (Å²) in [4.78, 5) is 82.1. The lowest BCUT2D eigenvalue weighted by molar-refractivity contribution is -0.700. The third-order valence-corrected chi connectivity index (χ3v) is 8.19. The van der Waals surface area contributed by atoms with E-state index in [2.05, 4.69) is 196 Å². The highest BCUT2D eigenvalue weighted by molar-refractivity contribution is 7.50. The Bertz CT molecular complexity index is 1440. The molecule has 0 fully saturated rings. The fraction of sp³-hybridized carbons (Fsp3) is 0.394. The molecule has 3 N–H and O–H groups in total. The van der Waals surface area contributed by atoms with Gasteiger partial charge in [0.05, 0.1) is 39.6 Å². The molecule has 7 atom stereocenters. The molecule has 0 aliphatic carbocycles. The van der Waals surface area contributed by atoms with Gasteiger partial charge < -0.3 is 80.6 Å². The fourth-order valence-electron chi connectivity index (χ4n) is 2.36. The summed E-state index contributed by atoms with van der Waals surface area (Å²) in [5, 5.41) is 25.5. The Hall–Kier alpha value is -3.14. The van der Waals surface area contributed by atoms with Crippen molar-refractivity contribution in [3.63, 3.8) is 0 Å². The molecule has 0 bridgehead atoms. The Labute approximate surface area is 414 Å². The summed E-state index contributed by atoms with van der Waals surface area (Å²) >= 11 is 0. The van der Waals surface area contributed by atoms with Crippen LogP contribution in [0.2, 0.25) is 0 Å². The van der Waals surface area contributed by atoms with Gasteiger partial charge in [-0.3, -0.25) is 22.8 Å². The summed E-state index contributed by atoms with van der Waals surface area (Å²) in [6.07, 6.45) is 1.92. The van der Waals surface area contributed by atoms with Gasteiger partial charge in [0.1, 0.15) is 25.7 Å². The zero-order chi connectivity index (χ0) is 57.7. The van der Waals surface area contributed by atoms with E-state index >= 15 is 0 Å². The Balaban J connectivity index is -0.000000309.